The number of hydrogen-bond donors (Lipinski definition) is 0. The van der Waals surface area contributed by atoms with Crippen molar-refractivity contribution in [2.45, 2.75) is 5.41 Å². The molecule has 0 bridgehead atoms. The minimum atomic E-state index is -0.623. The van der Waals surface area contributed by atoms with Crippen LogP contribution in [-0.4, -0.2) is 0 Å². The first-order valence-corrected chi connectivity index (χ1v) is 24.8. The monoisotopic (exact) mass is 910 g/mol. The first kappa shape index (κ1) is 41.4. The Kier molecular flexibility index (Phi) is 10.1. The standard InChI is InChI=1S/C67H46N2S/c1-2-3-4-20-41-68(50-37-33-48(34-38-50)46-21-8-5-9-22-46)53-42-62-66(63(43-53)69(51-25-12-7-13-26-51)52-39-35-49(36-40-52)47-23-10-6-11-24-47)56-29-15-18-31-60(56)67(62)59-30-17-14-27-54(59)57-44-58-55-28-16-19-32-64(55)70-65(58)45-61(57)67/h2-45H,1H2/b4-3-,41-20-. The van der Waals surface area contributed by atoms with Crippen LogP contribution < -0.4 is 9.80 Å². The van der Waals surface area contributed by atoms with Crippen molar-refractivity contribution in [3.8, 4) is 44.5 Å². The van der Waals surface area contributed by atoms with Crippen molar-refractivity contribution in [2.24, 2.45) is 0 Å². The normalized spacial score (nSPS) is 14.3. The molecule has 1 atom stereocenters. The van der Waals surface area contributed by atoms with Gasteiger partial charge in [-0.3, -0.25) is 0 Å². The van der Waals surface area contributed by atoms with Crippen LogP contribution in [0.2, 0.25) is 0 Å². The molecule has 2 nitrogen and oxygen atoms in total. The predicted molar refractivity (Wildman–Crippen MR) is 298 cm³/mol. The summed E-state index contributed by atoms with van der Waals surface area (Å²) in [6.07, 6.45) is 10.1. The predicted octanol–water partition coefficient (Wildman–Crippen LogP) is 18.6. The Morgan fingerprint density at radius 3 is 1.61 bits per heavy atom. The summed E-state index contributed by atoms with van der Waals surface area (Å²) < 4.78 is 2.61. The van der Waals surface area contributed by atoms with Gasteiger partial charge in [-0.15, -0.1) is 11.3 Å². The van der Waals surface area contributed by atoms with Gasteiger partial charge in [0, 0.05) is 54.7 Å². The number of anilines is 5. The highest BCUT2D eigenvalue weighted by atomic mass is 32.1. The summed E-state index contributed by atoms with van der Waals surface area (Å²) in [4.78, 5) is 4.82. The zero-order valence-electron chi connectivity index (χ0n) is 38.4. The fourth-order valence-corrected chi connectivity index (χ4v) is 12.4. The van der Waals surface area contributed by atoms with Crippen LogP contribution in [0.1, 0.15) is 22.3 Å². The van der Waals surface area contributed by atoms with Gasteiger partial charge in [0.1, 0.15) is 0 Å². The third-order valence-electron chi connectivity index (χ3n) is 14.3. The molecule has 1 unspecified atom stereocenters. The van der Waals surface area contributed by atoms with Gasteiger partial charge in [-0.25, -0.2) is 0 Å². The second-order valence-electron chi connectivity index (χ2n) is 18.0. The Balaban J connectivity index is 1.13. The third-order valence-corrected chi connectivity index (χ3v) is 15.4. The molecule has 0 amide bonds. The molecule has 0 radical (unpaired) electrons. The Morgan fingerprint density at radius 2 is 0.929 bits per heavy atom. The summed E-state index contributed by atoms with van der Waals surface area (Å²) in [5.74, 6) is 0. The number of thiophene rings is 1. The van der Waals surface area contributed by atoms with Crippen molar-refractivity contribution in [2.75, 3.05) is 9.80 Å². The molecule has 13 rings (SSSR count). The van der Waals surface area contributed by atoms with E-state index in [2.05, 4.69) is 265 Å². The van der Waals surface area contributed by atoms with Crippen molar-refractivity contribution < 1.29 is 0 Å². The van der Waals surface area contributed by atoms with Crippen LogP contribution in [0, 0.1) is 0 Å². The van der Waals surface area contributed by atoms with Gasteiger partial charge in [0.15, 0.2) is 0 Å². The maximum atomic E-state index is 3.97. The average molecular weight is 911 g/mol. The van der Waals surface area contributed by atoms with Gasteiger partial charge in [-0.1, -0.05) is 195 Å². The molecule has 2 aliphatic carbocycles. The van der Waals surface area contributed by atoms with Crippen LogP contribution in [0.4, 0.5) is 28.4 Å². The second-order valence-corrected chi connectivity index (χ2v) is 19.1. The minimum absolute atomic E-state index is 0.623. The van der Waals surface area contributed by atoms with E-state index in [1.807, 2.05) is 29.6 Å². The molecule has 10 aromatic carbocycles. The summed E-state index contributed by atoms with van der Waals surface area (Å²) in [6.45, 7) is 3.97. The molecule has 0 aliphatic heterocycles. The Bertz CT molecular complexity index is 3830. The lowest BCUT2D eigenvalue weighted by Crippen LogP contribution is -2.26. The molecule has 0 N–H and O–H groups in total. The lowest BCUT2D eigenvalue weighted by atomic mass is 9.70. The first-order chi connectivity index (χ1) is 34.7. The van der Waals surface area contributed by atoms with Crippen molar-refractivity contribution in [1.29, 1.82) is 0 Å². The lowest BCUT2D eigenvalue weighted by molar-refractivity contribution is 0.795. The summed E-state index contributed by atoms with van der Waals surface area (Å²) >= 11 is 1.89. The summed E-state index contributed by atoms with van der Waals surface area (Å²) in [6, 6.07) is 87.3. The van der Waals surface area contributed by atoms with E-state index in [4.69, 9.17) is 0 Å². The smallest absolute Gasteiger partial charge is 0.0727 e. The van der Waals surface area contributed by atoms with E-state index in [0.29, 0.717) is 0 Å². The molecule has 330 valence electrons. The Morgan fingerprint density at radius 1 is 0.371 bits per heavy atom. The van der Waals surface area contributed by atoms with Crippen molar-refractivity contribution in [3.05, 3.63) is 296 Å². The highest BCUT2D eigenvalue weighted by Gasteiger charge is 2.53. The van der Waals surface area contributed by atoms with E-state index < -0.39 is 5.41 Å². The lowest BCUT2D eigenvalue weighted by Gasteiger charge is -2.34. The third kappa shape index (κ3) is 6.62. The summed E-state index contributed by atoms with van der Waals surface area (Å²) in [5.41, 5.74) is 19.7. The minimum Gasteiger partial charge on any atom is -0.317 e. The molecule has 11 aromatic rings. The number of fused-ring (bicyclic) bond motifs is 13. The Labute approximate surface area is 413 Å². The molecule has 0 saturated carbocycles. The molecule has 70 heavy (non-hydrogen) atoms. The first-order valence-electron chi connectivity index (χ1n) is 23.9. The summed E-state index contributed by atoms with van der Waals surface area (Å²) in [7, 11) is 0. The highest BCUT2D eigenvalue weighted by molar-refractivity contribution is 7.25. The summed E-state index contributed by atoms with van der Waals surface area (Å²) in [5, 5.41) is 2.62. The van der Waals surface area contributed by atoms with E-state index in [1.165, 1.54) is 86.9 Å². The van der Waals surface area contributed by atoms with Crippen molar-refractivity contribution in [3.63, 3.8) is 0 Å². The van der Waals surface area contributed by atoms with Crippen LogP contribution in [0.3, 0.4) is 0 Å². The van der Waals surface area contributed by atoms with Crippen LogP contribution in [-0.2, 0) is 5.41 Å². The van der Waals surface area contributed by atoms with E-state index >= 15 is 0 Å². The molecular weight excluding hydrogens is 865 g/mol. The molecule has 1 spiro atoms. The fourth-order valence-electron chi connectivity index (χ4n) is 11.2. The maximum Gasteiger partial charge on any atom is 0.0727 e. The topological polar surface area (TPSA) is 6.48 Å². The van der Waals surface area contributed by atoms with Crippen molar-refractivity contribution >= 4 is 59.9 Å². The zero-order chi connectivity index (χ0) is 46.6. The Hall–Kier alpha value is -8.76. The number of rotatable bonds is 10. The molecule has 1 aromatic heterocycles. The van der Waals surface area contributed by atoms with Gasteiger partial charge >= 0.3 is 0 Å². The van der Waals surface area contributed by atoms with Crippen LogP contribution in [0.5, 0.6) is 0 Å². The quantitative estimate of drug-likeness (QED) is 0.126. The van der Waals surface area contributed by atoms with Gasteiger partial charge in [-0.05, 0) is 134 Å². The molecule has 3 heteroatoms. The van der Waals surface area contributed by atoms with Gasteiger partial charge in [0.2, 0.25) is 0 Å². The highest BCUT2D eigenvalue weighted by Crippen LogP contribution is 2.66. The van der Waals surface area contributed by atoms with E-state index in [1.54, 1.807) is 0 Å². The van der Waals surface area contributed by atoms with Gasteiger partial charge < -0.3 is 9.80 Å². The number of para-hydroxylation sites is 1. The molecule has 2 aliphatic rings. The second kappa shape index (κ2) is 17.1. The number of nitrogens with zero attached hydrogens (tertiary/aromatic N) is 2. The van der Waals surface area contributed by atoms with E-state index in [9.17, 15) is 0 Å². The van der Waals surface area contributed by atoms with Crippen molar-refractivity contribution in [1.82, 2.24) is 0 Å². The molecule has 0 fully saturated rings. The number of benzene rings is 10. The number of allylic oxidation sites excluding steroid dienone is 4. The SMILES string of the molecule is C=C/C=C\C=C/N(c1ccc(-c2ccccc2)cc1)c1cc(N(c2ccccc2)c2ccc(-c3ccccc3)cc2)c2c(c1)C1(c3ccccc3-c3cc4c(cc31)sc1ccccc14)c1ccccc1-2. The van der Waals surface area contributed by atoms with Gasteiger partial charge in [0.05, 0.1) is 11.1 Å². The van der Waals surface area contributed by atoms with E-state index in [-0.39, 0.29) is 0 Å². The molecule has 0 saturated heterocycles. The molecular formula is C67H46N2S. The zero-order valence-corrected chi connectivity index (χ0v) is 39.2. The van der Waals surface area contributed by atoms with Crippen LogP contribution in [0.25, 0.3) is 64.7 Å². The van der Waals surface area contributed by atoms with Gasteiger partial charge in [0.25, 0.3) is 0 Å². The van der Waals surface area contributed by atoms with Crippen LogP contribution in [0.15, 0.2) is 274 Å². The van der Waals surface area contributed by atoms with E-state index in [0.717, 1.165) is 28.4 Å². The fraction of sp³-hybridized carbons (Fsp3) is 0.0149. The largest absolute Gasteiger partial charge is 0.317 e. The van der Waals surface area contributed by atoms with Gasteiger partial charge in [-0.2, -0.15) is 0 Å². The molecule has 1 heterocycles. The average Bonchev–Trinajstić information content (AvgIpc) is 4.05. The maximum absolute atomic E-state index is 3.97. The number of hydrogen-bond acceptors (Lipinski definition) is 3. The van der Waals surface area contributed by atoms with Crippen LogP contribution >= 0.6 is 11.3 Å².